The quantitative estimate of drug-likeness (QED) is 0.307. The molecule has 4 rings (SSSR count). The first kappa shape index (κ1) is 27.1. The van der Waals surface area contributed by atoms with Gasteiger partial charge >= 0.3 is 0 Å². The van der Waals surface area contributed by atoms with Crippen LogP contribution in [0.1, 0.15) is 48.1 Å². The van der Waals surface area contributed by atoms with E-state index in [9.17, 15) is 23.3 Å². The highest BCUT2D eigenvalue weighted by Crippen LogP contribution is 2.29. The molecule has 0 saturated heterocycles. The van der Waals surface area contributed by atoms with Gasteiger partial charge in [-0.25, -0.2) is 8.42 Å². The van der Waals surface area contributed by atoms with Crippen LogP contribution in [-0.4, -0.2) is 32.9 Å². The van der Waals surface area contributed by atoms with Crippen molar-refractivity contribution in [2.45, 2.75) is 50.5 Å². The zero-order valence-corrected chi connectivity index (χ0v) is 22.5. The van der Waals surface area contributed by atoms with Crippen LogP contribution in [0.3, 0.4) is 0 Å². The molecule has 1 aliphatic rings. The van der Waals surface area contributed by atoms with Crippen molar-refractivity contribution in [1.82, 2.24) is 5.32 Å². The van der Waals surface area contributed by atoms with Gasteiger partial charge in [0.1, 0.15) is 12.3 Å². The summed E-state index contributed by atoms with van der Waals surface area (Å²) in [6.45, 7) is 2.88. The standard InChI is InChI=1S/C28H31N3O6S/c1-19-8-15-26(17-27(19)31(33)34)38(35,36)30(24-11-13-25(37-3)14-12-24)18-28(32)29-20(2)22-10-9-21-6-4-5-7-23(21)16-22/h8-17,20H,4-7,18H2,1-3H3,(H,29,32)/t20-/m0/s1. The Morgan fingerprint density at radius 2 is 1.74 bits per heavy atom. The van der Waals surface area contributed by atoms with Gasteiger partial charge in [-0.15, -0.1) is 0 Å². The van der Waals surface area contributed by atoms with Gasteiger partial charge in [-0.2, -0.15) is 0 Å². The number of nitrogens with zero attached hydrogens (tertiary/aromatic N) is 2. The molecule has 0 radical (unpaired) electrons. The maximum absolute atomic E-state index is 13.7. The van der Waals surface area contributed by atoms with E-state index in [1.165, 1.54) is 55.8 Å². The number of amides is 1. The minimum atomic E-state index is -4.33. The number of sulfonamides is 1. The third kappa shape index (κ3) is 5.80. The largest absolute Gasteiger partial charge is 0.497 e. The van der Waals surface area contributed by atoms with E-state index in [2.05, 4.69) is 17.4 Å². The Hall–Kier alpha value is -3.92. The number of aryl methyl sites for hydroxylation is 3. The summed E-state index contributed by atoms with van der Waals surface area (Å²) in [5.74, 6) is 0.0128. The highest BCUT2D eigenvalue weighted by Gasteiger charge is 2.30. The van der Waals surface area contributed by atoms with Gasteiger partial charge in [0.25, 0.3) is 15.7 Å². The molecule has 0 aliphatic heterocycles. The number of nitro benzene ring substituents is 1. The van der Waals surface area contributed by atoms with Crippen molar-refractivity contribution in [3.05, 3.63) is 93.0 Å². The Morgan fingerprint density at radius 3 is 2.39 bits per heavy atom. The second-order valence-corrected chi connectivity index (χ2v) is 11.3. The number of benzene rings is 3. The molecule has 0 fully saturated rings. The molecule has 10 heteroatoms. The van der Waals surface area contributed by atoms with Gasteiger partial charge in [-0.3, -0.25) is 19.2 Å². The summed E-state index contributed by atoms with van der Waals surface area (Å²) < 4.78 is 33.6. The summed E-state index contributed by atoms with van der Waals surface area (Å²) >= 11 is 0. The zero-order valence-electron chi connectivity index (χ0n) is 21.6. The topological polar surface area (TPSA) is 119 Å². The fourth-order valence-electron chi connectivity index (χ4n) is 4.66. The van der Waals surface area contributed by atoms with E-state index < -0.39 is 27.4 Å². The zero-order chi connectivity index (χ0) is 27.4. The Kier molecular flexibility index (Phi) is 8.01. The lowest BCUT2D eigenvalue weighted by atomic mass is 9.89. The lowest BCUT2D eigenvalue weighted by Gasteiger charge is -2.25. The third-order valence-electron chi connectivity index (χ3n) is 6.86. The first-order valence-corrected chi connectivity index (χ1v) is 13.9. The molecule has 3 aromatic carbocycles. The van der Waals surface area contributed by atoms with E-state index in [-0.39, 0.29) is 22.3 Å². The van der Waals surface area contributed by atoms with E-state index >= 15 is 0 Å². The molecule has 9 nitrogen and oxygen atoms in total. The SMILES string of the molecule is COc1ccc(N(CC(=O)N[C@@H](C)c2ccc3c(c2)CCCC3)S(=O)(=O)c2ccc(C)c([N+](=O)[O-])c2)cc1. The first-order valence-electron chi connectivity index (χ1n) is 12.4. The molecule has 0 heterocycles. The molecular formula is C28H31N3O6S. The van der Waals surface area contributed by atoms with Crippen LogP contribution in [0.2, 0.25) is 0 Å². The van der Waals surface area contributed by atoms with Crippen molar-refractivity contribution in [3.8, 4) is 5.75 Å². The maximum Gasteiger partial charge on any atom is 0.273 e. The van der Waals surface area contributed by atoms with Crippen molar-refractivity contribution in [2.75, 3.05) is 18.0 Å². The van der Waals surface area contributed by atoms with Crippen LogP contribution in [-0.2, 0) is 27.7 Å². The number of nitro groups is 1. The summed E-state index contributed by atoms with van der Waals surface area (Å²) in [6, 6.07) is 15.8. The molecule has 1 N–H and O–H groups in total. The number of carbonyl (C=O) groups excluding carboxylic acids is 1. The lowest BCUT2D eigenvalue weighted by molar-refractivity contribution is -0.385. The number of carbonyl (C=O) groups is 1. The molecule has 0 aromatic heterocycles. The second kappa shape index (κ2) is 11.2. The second-order valence-electron chi connectivity index (χ2n) is 9.44. The third-order valence-corrected chi connectivity index (χ3v) is 8.63. The van der Waals surface area contributed by atoms with Crippen LogP contribution in [0.25, 0.3) is 0 Å². The Morgan fingerprint density at radius 1 is 1.05 bits per heavy atom. The van der Waals surface area contributed by atoms with Gasteiger partial charge in [0.2, 0.25) is 5.91 Å². The molecule has 0 bridgehead atoms. The normalized spacial score (nSPS) is 13.8. The minimum Gasteiger partial charge on any atom is -0.497 e. The fourth-order valence-corrected chi connectivity index (χ4v) is 6.10. The molecule has 0 saturated carbocycles. The molecule has 1 atom stereocenters. The van der Waals surface area contributed by atoms with Crippen molar-refractivity contribution in [1.29, 1.82) is 0 Å². The van der Waals surface area contributed by atoms with Crippen molar-refractivity contribution in [3.63, 3.8) is 0 Å². The lowest BCUT2D eigenvalue weighted by Crippen LogP contribution is -2.41. The van der Waals surface area contributed by atoms with E-state index in [0.29, 0.717) is 11.3 Å². The predicted molar refractivity (Wildman–Crippen MR) is 145 cm³/mol. The molecule has 0 spiro atoms. The summed E-state index contributed by atoms with van der Waals surface area (Å²) in [5, 5.41) is 14.4. The Labute approximate surface area is 222 Å². The van der Waals surface area contributed by atoms with Gasteiger partial charge in [0.15, 0.2) is 0 Å². The van der Waals surface area contributed by atoms with Crippen LogP contribution in [0.15, 0.2) is 65.6 Å². The smallest absolute Gasteiger partial charge is 0.273 e. The Bertz CT molecular complexity index is 1450. The monoisotopic (exact) mass is 537 g/mol. The molecule has 200 valence electrons. The number of anilines is 1. The summed E-state index contributed by atoms with van der Waals surface area (Å²) in [7, 11) is -2.84. The van der Waals surface area contributed by atoms with E-state index in [0.717, 1.165) is 35.2 Å². The van der Waals surface area contributed by atoms with Crippen LogP contribution in [0, 0.1) is 17.0 Å². The van der Waals surface area contributed by atoms with Gasteiger partial charge < -0.3 is 10.1 Å². The van der Waals surface area contributed by atoms with E-state index in [4.69, 9.17) is 4.74 Å². The van der Waals surface area contributed by atoms with Crippen LogP contribution >= 0.6 is 0 Å². The van der Waals surface area contributed by atoms with Crippen LogP contribution < -0.4 is 14.4 Å². The molecule has 38 heavy (non-hydrogen) atoms. The summed E-state index contributed by atoms with van der Waals surface area (Å²) in [6.07, 6.45) is 4.39. The number of rotatable bonds is 9. The maximum atomic E-state index is 13.7. The molecular weight excluding hydrogens is 506 g/mol. The van der Waals surface area contributed by atoms with Gasteiger partial charge in [-0.1, -0.05) is 24.3 Å². The number of nitrogens with one attached hydrogen (secondary N) is 1. The predicted octanol–water partition coefficient (Wildman–Crippen LogP) is 4.86. The highest BCUT2D eigenvalue weighted by molar-refractivity contribution is 7.92. The van der Waals surface area contributed by atoms with Crippen molar-refractivity contribution < 1.29 is 22.9 Å². The summed E-state index contributed by atoms with van der Waals surface area (Å²) in [4.78, 5) is 23.7. The number of hydrogen-bond donors (Lipinski definition) is 1. The fraction of sp³-hybridized carbons (Fsp3) is 0.321. The average Bonchev–Trinajstić information content (AvgIpc) is 2.91. The van der Waals surface area contributed by atoms with Gasteiger partial charge in [0.05, 0.1) is 28.7 Å². The highest BCUT2D eigenvalue weighted by atomic mass is 32.2. The van der Waals surface area contributed by atoms with Crippen LogP contribution in [0.4, 0.5) is 11.4 Å². The number of methoxy groups -OCH3 is 1. The molecule has 0 unspecified atom stereocenters. The van der Waals surface area contributed by atoms with Crippen molar-refractivity contribution in [2.24, 2.45) is 0 Å². The van der Waals surface area contributed by atoms with Gasteiger partial charge in [-0.05, 0) is 86.6 Å². The van der Waals surface area contributed by atoms with Crippen molar-refractivity contribution >= 4 is 27.3 Å². The summed E-state index contributed by atoms with van der Waals surface area (Å²) in [5.41, 5.74) is 3.83. The number of fused-ring (bicyclic) bond motifs is 1. The number of ether oxygens (including phenoxy) is 1. The Balaban J connectivity index is 1.62. The van der Waals surface area contributed by atoms with Crippen LogP contribution in [0.5, 0.6) is 5.75 Å². The van der Waals surface area contributed by atoms with Gasteiger partial charge in [0, 0.05) is 11.6 Å². The average molecular weight is 538 g/mol. The minimum absolute atomic E-state index is 0.227. The van der Waals surface area contributed by atoms with E-state index in [1.807, 2.05) is 13.0 Å². The first-order chi connectivity index (χ1) is 18.1. The van der Waals surface area contributed by atoms with E-state index in [1.54, 1.807) is 12.1 Å². The molecule has 1 amide bonds. The number of hydrogen-bond acceptors (Lipinski definition) is 6. The molecule has 1 aliphatic carbocycles. The molecule has 3 aromatic rings.